The number of piperidine rings is 1. The van der Waals surface area contributed by atoms with E-state index in [-0.39, 0.29) is 11.9 Å². The predicted octanol–water partition coefficient (Wildman–Crippen LogP) is 5.11. The molecular weight excluding hydrogens is 376 g/mol. The molecule has 144 valence electrons. The molecule has 0 bridgehead atoms. The smallest absolute Gasteiger partial charge is 0.321 e. The molecule has 2 aromatic carbocycles. The van der Waals surface area contributed by atoms with Crippen LogP contribution < -0.4 is 5.32 Å². The van der Waals surface area contributed by atoms with Gasteiger partial charge >= 0.3 is 6.03 Å². The summed E-state index contributed by atoms with van der Waals surface area (Å²) in [6.45, 7) is 3.29. The van der Waals surface area contributed by atoms with E-state index in [9.17, 15) is 4.79 Å². The van der Waals surface area contributed by atoms with E-state index in [4.69, 9.17) is 16.1 Å². The normalized spacial score (nSPS) is 14.9. The van der Waals surface area contributed by atoms with Crippen LogP contribution in [0.25, 0.3) is 11.4 Å². The van der Waals surface area contributed by atoms with E-state index in [1.807, 2.05) is 48.2 Å². The van der Waals surface area contributed by atoms with Crippen LogP contribution >= 0.6 is 11.6 Å². The lowest BCUT2D eigenvalue weighted by atomic mass is 9.97. The average molecular weight is 397 g/mol. The number of para-hydroxylation sites is 1. The van der Waals surface area contributed by atoms with Crippen LogP contribution in [0.15, 0.2) is 53.1 Å². The maximum absolute atomic E-state index is 12.5. The summed E-state index contributed by atoms with van der Waals surface area (Å²) in [4.78, 5) is 18.9. The molecular formula is C21H21ClN4O2. The fourth-order valence-corrected chi connectivity index (χ4v) is 3.48. The lowest BCUT2D eigenvalue weighted by Crippen LogP contribution is -2.40. The van der Waals surface area contributed by atoms with Gasteiger partial charge in [0.05, 0.1) is 0 Å². The monoisotopic (exact) mass is 396 g/mol. The van der Waals surface area contributed by atoms with Gasteiger partial charge < -0.3 is 14.7 Å². The molecule has 4 rings (SSSR count). The zero-order valence-corrected chi connectivity index (χ0v) is 16.3. The molecule has 2 heterocycles. The maximum atomic E-state index is 12.5. The van der Waals surface area contributed by atoms with Gasteiger partial charge in [0.2, 0.25) is 11.7 Å². The number of nitrogens with one attached hydrogen (secondary N) is 1. The largest absolute Gasteiger partial charge is 0.339 e. The van der Waals surface area contributed by atoms with Gasteiger partial charge in [-0.15, -0.1) is 0 Å². The van der Waals surface area contributed by atoms with Gasteiger partial charge in [0.1, 0.15) is 0 Å². The molecule has 0 saturated carbocycles. The lowest BCUT2D eigenvalue weighted by molar-refractivity contribution is 0.187. The summed E-state index contributed by atoms with van der Waals surface area (Å²) >= 11 is 5.92. The first-order valence-corrected chi connectivity index (χ1v) is 9.69. The first-order valence-electron chi connectivity index (χ1n) is 9.31. The van der Waals surface area contributed by atoms with Crippen molar-refractivity contribution in [3.8, 4) is 11.4 Å². The Morgan fingerprint density at radius 1 is 1.14 bits per heavy atom. The van der Waals surface area contributed by atoms with Crippen LogP contribution in [0.5, 0.6) is 0 Å². The molecule has 0 radical (unpaired) electrons. The van der Waals surface area contributed by atoms with Crippen LogP contribution in [0.4, 0.5) is 10.5 Å². The van der Waals surface area contributed by atoms with Gasteiger partial charge in [0.25, 0.3) is 0 Å². The number of urea groups is 1. The molecule has 3 aromatic rings. The summed E-state index contributed by atoms with van der Waals surface area (Å²) in [5.41, 5.74) is 2.76. The van der Waals surface area contributed by atoms with Crippen molar-refractivity contribution < 1.29 is 9.32 Å². The van der Waals surface area contributed by atoms with E-state index < -0.39 is 0 Å². The van der Waals surface area contributed by atoms with Gasteiger partial charge in [0.15, 0.2) is 0 Å². The van der Waals surface area contributed by atoms with Crippen LogP contribution in [-0.2, 0) is 0 Å². The van der Waals surface area contributed by atoms with Crippen molar-refractivity contribution in [3.63, 3.8) is 0 Å². The molecule has 0 atom stereocenters. The standard InChI is InChI=1S/C21H21ClN4O2/c1-14-4-2-3-5-18(14)23-21(27)26-12-10-16(11-13-26)20-24-19(25-28-20)15-6-8-17(22)9-7-15/h2-9,16H,10-13H2,1H3,(H,23,27). The van der Waals surface area contributed by atoms with E-state index in [0.29, 0.717) is 29.8 Å². The van der Waals surface area contributed by atoms with E-state index in [0.717, 1.165) is 29.7 Å². The van der Waals surface area contributed by atoms with Crippen LogP contribution in [0, 0.1) is 6.92 Å². The highest BCUT2D eigenvalue weighted by molar-refractivity contribution is 6.30. The number of nitrogens with zero attached hydrogens (tertiary/aromatic N) is 3. The summed E-state index contributed by atoms with van der Waals surface area (Å²) < 4.78 is 5.48. The summed E-state index contributed by atoms with van der Waals surface area (Å²) in [5.74, 6) is 1.35. The molecule has 1 fully saturated rings. The second kappa shape index (κ2) is 8.02. The number of anilines is 1. The quantitative estimate of drug-likeness (QED) is 0.667. The van der Waals surface area contributed by atoms with E-state index in [2.05, 4.69) is 15.5 Å². The Morgan fingerprint density at radius 2 is 1.86 bits per heavy atom. The second-order valence-corrected chi connectivity index (χ2v) is 7.41. The number of carbonyl (C=O) groups is 1. The third kappa shape index (κ3) is 4.02. The Morgan fingerprint density at radius 3 is 2.57 bits per heavy atom. The number of aromatic nitrogens is 2. The van der Waals surface area contributed by atoms with Gasteiger partial charge in [-0.05, 0) is 55.7 Å². The fraction of sp³-hybridized carbons (Fsp3) is 0.286. The van der Waals surface area contributed by atoms with Crippen molar-refractivity contribution in [2.75, 3.05) is 18.4 Å². The third-order valence-corrected chi connectivity index (χ3v) is 5.31. The molecule has 0 unspecified atom stereocenters. The molecule has 1 N–H and O–H groups in total. The minimum absolute atomic E-state index is 0.0693. The molecule has 0 spiro atoms. The van der Waals surface area contributed by atoms with Crippen LogP contribution in [0.3, 0.4) is 0 Å². The average Bonchev–Trinajstić information content (AvgIpc) is 3.20. The highest BCUT2D eigenvalue weighted by atomic mass is 35.5. The van der Waals surface area contributed by atoms with Gasteiger partial charge in [-0.25, -0.2) is 4.79 Å². The van der Waals surface area contributed by atoms with Gasteiger partial charge in [0, 0.05) is 35.3 Å². The molecule has 7 heteroatoms. The van der Waals surface area contributed by atoms with Crippen molar-refractivity contribution >= 4 is 23.3 Å². The van der Waals surface area contributed by atoms with E-state index >= 15 is 0 Å². The summed E-state index contributed by atoms with van der Waals surface area (Å²) in [7, 11) is 0. The number of rotatable bonds is 3. The second-order valence-electron chi connectivity index (χ2n) is 6.97. The fourth-order valence-electron chi connectivity index (χ4n) is 3.35. The lowest BCUT2D eigenvalue weighted by Gasteiger charge is -2.30. The Labute approximate surface area is 168 Å². The van der Waals surface area contributed by atoms with Crippen molar-refractivity contribution in [1.29, 1.82) is 0 Å². The number of amides is 2. The molecule has 28 heavy (non-hydrogen) atoms. The van der Waals surface area contributed by atoms with Gasteiger partial charge in [-0.2, -0.15) is 4.98 Å². The summed E-state index contributed by atoms with van der Waals surface area (Å²) in [6, 6.07) is 15.1. The highest BCUT2D eigenvalue weighted by Crippen LogP contribution is 2.29. The first kappa shape index (κ1) is 18.5. The molecule has 0 aliphatic carbocycles. The van der Waals surface area contributed by atoms with Crippen LogP contribution in [0.1, 0.15) is 30.2 Å². The van der Waals surface area contributed by atoms with Crippen LogP contribution in [0.2, 0.25) is 5.02 Å². The molecule has 1 aliphatic rings. The zero-order chi connectivity index (χ0) is 19.5. The predicted molar refractivity (Wildman–Crippen MR) is 108 cm³/mol. The number of aryl methyl sites for hydroxylation is 1. The van der Waals surface area contributed by atoms with Gasteiger partial charge in [-0.1, -0.05) is 35.0 Å². The Bertz CT molecular complexity index is 963. The van der Waals surface area contributed by atoms with Crippen molar-refractivity contribution in [2.24, 2.45) is 0 Å². The molecule has 1 aromatic heterocycles. The number of likely N-dealkylation sites (tertiary alicyclic amines) is 1. The maximum Gasteiger partial charge on any atom is 0.321 e. The van der Waals surface area contributed by atoms with E-state index in [1.54, 1.807) is 12.1 Å². The number of halogens is 1. The summed E-state index contributed by atoms with van der Waals surface area (Å²) in [6.07, 6.45) is 1.59. The Hall–Kier alpha value is -2.86. The molecule has 1 aliphatic heterocycles. The first-order chi connectivity index (χ1) is 13.6. The number of hydrogen-bond acceptors (Lipinski definition) is 4. The molecule has 6 nitrogen and oxygen atoms in total. The Balaban J connectivity index is 1.36. The third-order valence-electron chi connectivity index (χ3n) is 5.06. The number of hydrogen-bond donors (Lipinski definition) is 1. The zero-order valence-electron chi connectivity index (χ0n) is 15.6. The van der Waals surface area contributed by atoms with Crippen molar-refractivity contribution in [3.05, 3.63) is 65.0 Å². The highest BCUT2D eigenvalue weighted by Gasteiger charge is 2.27. The van der Waals surface area contributed by atoms with Crippen LogP contribution in [-0.4, -0.2) is 34.2 Å². The number of carbonyl (C=O) groups excluding carboxylic acids is 1. The topological polar surface area (TPSA) is 71.3 Å². The summed E-state index contributed by atoms with van der Waals surface area (Å²) in [5, 5.41) is 7.75. The van der Waals surface area contributed by atoms with E-state index in [1.165, 1.54) is 0 Å². The van der Waals surface area contributed by atoms with Crippen molar-refractivity contribution in [2.45, 2.75) is 25.7 Å². The SMILES string of the molecule is Cc1ccccc1NC(=O)N1CCC(c2nc(-c3ccc(Cl)cc3)no2)CC1. The Kier molecular flexibility index (Phi) is 5.30. The number of benzene rings is 2. The van der Waals surface area contributed by atoms with Crippen molar-refractivity contribution in [1.82, 2.24) is 15.0 Å². The van der Waals surface area contributed by atoms with Gasteiger partial charge in [-0.3, -0.25) is 0 Å². The minimum Gasteiger partial charge on any atom is -0.339 e. The molecule has 1 saturated heterocycles. The molecule has 2 amide bonds. The minimum atomic E-state index is -0.0693.